The van der Waals surface area contributed by atoms with Crippen LogP contribution in [0, 0.1) is 6.92 Å². The van der Waals surface area contributed by atoms with Gasteiger partial charge in [0.25, 0.3) is 0 Å². The predicted octanol–water partition coefficient (Wildman–Crippen LogP) is 5.30. The van der Waals surface area contributed by atoms with Crippen molar-refractivity contribution in [2.24, 2.45) is 7.05 Å². The van der Waals surface area contributed by atoms with Gasteiger partial charge in [-0.05, 0) is 38.5 Å². The summed E-state index contributed by atoms with van der Waals surface area (Å²) in [6.45, 7) is 8.62. The lowest BCUT2D eigenvalue weighted by Crippen LogP contribution is -2.24. The third kappa shape index (κ3) is 3.91. The van der Waals surface area contributed by atoms with Crippen LogP contribution in [0.4, 0.5) is 22.7 Å². The number of hydrogen-bond donors (Lipinski definition) is 3. The fourth-order valence-corrected chi connectivity index (χ4v) is 4.20. The lowest BCUT2D eigenvalue weighted by molar-refractivity contribution is 0.731. The van der Waals surface area contributed by atoms with E-state index in [1.807, 2.05) is 21.1 Å². The van der Waals surface area contributed by atoms with Crippen molar-refractivity contribution in [2.45, 2.75) is 33.6 Å². The lowest BCUT2D eigenvalue weighted by atomic mass is 10.0. The predicted molar refractivity (Wildman–Crippen MR) is 132 cm³/mol. The number of aryl methyl sites for hydroxylation is 2. The summed E-state index contributed by atoms with van der Waals surface area (Å²) in [5, 5.41) is 10.0. The molecule has 162 valence electrons. The van der Waals surface area contributed by atoms with Gasteiger partial charge in [0.15, 0.2) is 0 Å². The van der Waals surface area contributed by atoms with Crippen LogP contribution in [0.25, 0.3) is 22.2 Å². The van der Waals surface area contributed by atoms with Gasteiger partial charge in [-0.3, -0.25) is 4.98 Å². The van der Waals surface area contributed by atoms with Crippen LogP contribution in [0.3, 0.4) is 0 Å². The molecule has 0 spiro atoms. The first kappa shape index (κ1) is 21.8. The van der Waals surface area contributed by atoms with E-state index in [4.69, 9.17) is 4.98 Å². The molecule has 0 atom stereocenters. The number of aromatic nitrogens is 2. The molecule has 6 heteroatoms. The minimum atomic E-state index is 0.986. The first-order chi connectivity index (χ1) is 14.5. The van der Waals surface area contributed by atoms with Gasteiger partial charge in [0.1, 0.15) is 0 Å². The summed E-state index contributed by atoms with van der Waals surface area (Å²) in [6.07, 6.45) is 4.59. The summed E-state index contributed by atoms with van der Waals surface area (Å²) >= 11 is 0. The van der Waals surface area contributed by atoms with Crippen LogP contribution in [-0.4, -0.2) is 43.8 Å². The van der Waals surface area contributed by atoms with Crippen LogP contribution < -0.4 is 20.9 Å². The van der Waals surface area contributed by atoms with Gasteiger partial charge < -0.3 is 25.4 Å². The molecular weight excluding hydrogens is 372 g/mol. The van der Waals surface area contributed by atoms with Gasteiger partial charge in [0, 0.05) is 81.4 Å². The standard InChI is InChI=1S/C24H36N6/c1-8-10-11-30(9-2)21-12-16(3)28-23-18(15-29(7)24(21)23)22-19(26-5)13-17(25-4)14-20(22)27-6/h12-15,25-27H,8-11H2,1-7H3. The molecule has 2 heterocycles. The Balaban J connectivity index is 2.30. The Bertz CT molecular complexity index is 995. The maximum Gasteiger partial charge on any atom is 0.0985 e. The molecule has 6 nitrogen and oxygen atoms in total. The van der Waals surface area contributed by atoms with Crippen molar-refractivity contribution in [3.05, 3.63) is 30.1 Å². The fourth-order valence-electron chi connectivity index (χ4n) is 4.20. The van der Waals surface area contributed by atoms with E-state index >= 15 is 0 Å². The van der Waals surface area contributed by atoms with Gasteiger partial charge in [-0.1, -0.05) is 13.3 Å². The van der Waals surface area contributed by atoms with Crippen LogP contribution in [0.5, 0.6) is 0 Å². The molecule has 0 amide bonds. The first-order valence-electron chi connectivity index (χ1n) is 10.9. The number of fused-ring (bicyclic) bond motifs is 1. The average molecular weight is 409 g/mol. The maximum absolute atomic E-state index is 5.01. The fraction of sp³-hybridized carbons (Fsp3) is 0.458. The van der Waals surface area contributed by atoms with Gasteiger partial charge in [-0.15, -0.1) is 0 Å². The van der Waals surface area contributed by atoms with Crippen LogP contribution in [0.2, 0.25) is 0 Å². The van der Waals surface area contributed by atoms with Gasteiger partial charge in [0.05, 0.1) is 16.7 Å². The zero-order valence-electron chi connectivity index (χ0n) is 19.5. The van der Waals surface area contributed by atoms with Gasteiger partial charge in [0.2, 0.25) is 0 Å². The second-order valence-electron chi connectivity index (χ2n) is 7.76. The summed E-state index contributed by atoms with van der Waals surface area (Å²) in [7, 11) is 8.01. The van der Waals surface area contributed by atoms with Gasteiger partial charge in [-0.2, -0.15) is 0 Å². The van der Waals surface area contributed by atoms with E-state index in [1.54, 1.807) is 0 Å². The second-order valence-corrected chi connectivity index (χ2v) is 7.76. The molecule has 0 aliphatic rings. The lowest BCUT2D eigenvalue weighted by Gasteiger charge is -2.24. The highest BCUT2D eigenvalue weighted by atomic mass is 15.1. The monoisotopic (exact) mass is 408 g/mol. The van der Waals surface area contributed by atoms with Crippen molar-refractivity contribution in [2.75, 3.05) is 55.1 Å². The van der Waals surface area contributed by atoms with Crippen molar-refractivity contribution in [3.8, 4) is 11.1 Å². The van der Waals surface area contributed by atoms with Crippen molar-refractivity contribution < 1.29 is 0 Å². The Morgan fingerprint density at radius 3 is 2.20 bits per heavy atom. The van der Waals surface area contributed by atoms with E-state index in [1.165, 1.54) is 24.0 Å². The molecule has 0 unspecified atom stereocenters. The average Bonchev–Trinajstić information content (AvgIpc) is 3.08. The molecule has 0 aliphatic heterocycles. The molecule has 2 aromatic heterocycles. The number of anilines is 4. The van der Waals surface area contributed by atoms with E-state index in [-0.39, 0.29) is 0 Å². The maximum atomic E-state index is 5.01. The zero-order chi connectivity index (χ0) is 21.8. The molecule has 0 aliphatic carbocycles. The molecule has 0 fully saturated rings. The minimum Gasteiger partial charge on any atom is -0.388 e. The molecule has 0 bridgehead atoms. The highest BCUT2D eigenvalue weighted by Crippen LogP contribution is 2.43. The largest absolute Gasteiger partial charge is 0.388 e. The summed E-state index contributed by atoms with van der Waals surface area (Å²) in [6, 6.07) is 6.52. The molecule has 3 N–H and O–H groups in total. The highest BCUT2D eigenvalue weighted by molar-refractivity contribution is 6.05. The van der Waals surface area contributed by atoms with E-state index in [0.717, 1.165) is 52.5 Å². The minimum absolute atomic E-state index is 0.986. The number of nitrogens with zero attached hydrogens (tertiary/aromatic N) is 3. The molecule has 0 saturated heterocycles. The summed E-state index contributed by atoms with van der Waals surface area (Å²) in [5.41, 5.74) is 10.0. The number of hydrogen-bond acceptors (Lipinski definition) is 5. The molecule has 3 rings (SSSR count). The zero-order valence-corrected chi connectivity index (χ0v) is 19.5. The van der Waals surface area contributed by atoms with Gasteiger partial charge >= 0.3 is 0 Å². The quantitative estimate of drug-likeness (QED) is 0.448. The topological polar surface area (TPSA) is 57.2 Å². The third-order valence-corrected chi connectivity index (χ3v) is 5.77. The molecule has 3 aromatic rings. The number of nitrogens with one attached hydrogen (secondary N) is 3. The Labute approximate surface area is 180 Å². The third-order valence-electron chi connectivity index (χ3n) is 5.77. The van der Waals surface area contributed by atoms with Crippen molar-refractivity contribution in [1.29, 1.82) is 0 Å². The number of pyridine rings is 1. The molecular formula is C24H36N6. The van der Waals surface area contributed by atoms with Gasteiger partial charge in [-0.25, -0.2) is 0 Å². The van der Waals surface area contributed by atoms with E-state index in [0.29, 0.717) is 0 Å². The van der Waals surface area contributed by atoms with E-state index < -0.39 is 0 Å². The van der Waals surface area contributed by atoms with Crippen LogP contribution in [0.15, 0.2) is 24.4 Å². The van der Waals surface area contributed by atoms with Crippen LogP contribution >= 0.6 is 0 Å². The summed E-state index contributed by atoms with van der Waals surface area (Å²) < 4.78 is 2.23. The van der Waals surface area contributed by atoms with Crippen molar-refractivity contribution in [3.63, 3.8) is 0 Å². The Morgan fingerprint density at radius 2 is 1.67 bits per heavy atom. The highest BCUT2D eigenvalue weighted by Gasteiger charge is 2.21. The molecule has 1 aromatic carbocycles. The SMILES string of the molecule is CCCCN(CC)c1cc(C)nc2c(-c3c(NC)cc(NC)cc3NC)cn(C)c12. The number of benzene rings is 1. The van der Waals surface area contributed by atoms with Crippen molar-refractivity contribution >= 4 is 33.8 Å². The number of rotatable bonds is 9. The summed E-state index contributed by atoms with van der Waals surface area (Å²) in [4.78, 5) is 7.48. The molecule has 0 radical (unpaired) electrons. The smallest absolute Gasteiger partial charge is 0.0985 e. The Hall–Kier alpha value is -2.89. The van der Waals surface area contributed by atoms with E-state index in [2.05, 4.69) is 77.6 Å². The summed E-state index contributed by atoms with van der Waals surface area (Å²) in [5.74, 6) is 0. The van der Waals surface area contributed by atoms with Crippen LogP contribution in [-0.2, 0) is 7.05 Å². The normalized spacial score (nSPS) is 11.0. The Morgan fingerprint density at radius 1 is 1.00 bits per heavy atom. The first-order valence-corrected chi connectivity index (χ1v) is 10.9. The van der Waals surface area contributed by atoms with Crippen molar-refractivity contribution in [1.82, 2.24) is 9.55 Å². The Kier molecular flexibility index (Phi) is 6.75. The van der Waals surface area contributed by atoms with Crippen LogP contribution in [0.1, 0.15) is 32.4 Å². The molecule has 30 heavy (non-hydrogen) atoms. The van der Waals surface area contributed by atoms with E-state index in [9.17, 15) is 0 Å². The number of unbranched alkanes of at least 4 members (excludes halogenated alkanes) is 1. The molecule has 0 saturated carbocycles. The second kappa shape index (κ2) is 9.28.